The van der Waals surface area contributed by atoms with Gasteiger partial charge in [0.25, 0.3) is 0 Å². The number of nitrogens with one attached hydrogen (secondary N) is 1. The number of ether oxygens (including phenoxy) is 1. The lowest BCUT2D eigenvalue weighted by molar-refractivity contribution is -0.147. The van der Waals surface area contributed by atoms with Gasteiger partial charge >= 0.3 is 11.9 Å². The van der Waals surface area contributed by atoms with Crippen LogP contribution in [-0.4, -0.2) is 29.6 Å². The Bertz CT molecular complexity index is 1020. The molecule has 0 unspecified atom stereocenters. The Labute approximate surface area is 204 Å². The fraction of sp³-hybridized carbons (Fsp3) is 0.519. The van der Waals surface area contributed by atoms with Crippen molar-refractivity contribution < 1.29 is 24.2 Å². The first-order valence-electron chi connectivity index (χ1n) is 12.4. The predicted octanol–water partition coefficient (Wildman–Crippen LogP) is 6.47. The molecule has 1 heterocycles. The first-order valence-corrected chi connectivity index (χ1v) is 13.3. The van der Waals surface area contributed by atoms with Crippen LogP contribution in [0.2, 0.25) is 0 Å². The van der Waals surface area contributed by atoms with Gasteiger partial charge in [-0.2, -0.15) is 0 Å². The number of carboxylic acids is 1. The number of aliphatic carboxylic acids is 1. The van der Waals surface area contributed by atoms with Crippen LogP contribution in [0.1, 0.15) is 86.6 Å². The summed E-state index contributed by atoms with van der Waals surface area (Å²) in [6.07, 6.45) is 8.99. The maximum atomic E-state index is 13.1. The number of hydrogen-bond donors (Lipinski definition) is 2. The zero-order valence-electron chi connectivity index (χ0n) is 19.7. The topological polar surface area (TPSA) is 92.7 Å². The lowest BCUT2D eigenvalue weighted by Crippen LogP contribution is -2.36. The van der Waals surface area contributed by atoms with Gasteiger partial charge in [-0.1, -0.05) is 56.4 Å². The smallest absolute Gasteiger partial charge is 0.341 e. The predicted molar refractivity (Wildman–Crippen MR) is 133 cm³/mol. The third kappa shape index (κ3) is 5.35. The fourth-order valence-electron chi connectivity index (χ4n) is 5.38. The van der Waals surface area contributed by atoms with Crippen LogP contribution in [0.15, 0.2) is 29.6 Å². The minimum absolute atomic E-state index is 0.228. The molecule has 2 aliphatic carbocycles. The van der Waals surface area contributed by atoms with Crippen LogP contribution in [0.3, 0.4) is 0 Å². The Morgan fingerprint density at radius 2 is 1.62 bits per heavy atom. The van der Waals surface area contributed by atoms with Crippen LogP contribution < -0.4 is 5.32 Å². The summed E-state index contributed by atoms with van der Waals surface area (Å²) in [5.74, 6) is -2.44. The number of rotatable bonds is 7. The van der Waals surface area contributed by atoms with Crippen LogP contribution in [0.4, 0.5) is 5.00 Å². The minimum atomic E-state index is -0.935. The summed E-state index contributed by atoms with van der Waals surface area (Å²) < 4.78 is 5.32. The summed E-state index contributed by atoms with van der Waals surface area (Å²) in [6, 6.07) is 8.38. The van der Waals surface area contributed by atoms with E-state index in [0.717, 1.165) is 24.0 Å². The van der Waals surface area contributed by atoms with Crippen molar-refractivity contribution in [1.82, 2.24) is 0 Å². The zero-order chi connectivity index (χ0) is 24.1. The first-order chi connectivity index (χ1) is 16.5. The SMILES string of the molecule is CCOC(=O)c1c(-c2ccc(C3CCCCC3)cc2)csc1NC(=O)[C@@H]1CCCC[C@@H]1C(=O)O. The molecule has 0 aliphatic heterocycles. The number of esters is 1. The summed E-state index contributed by atoms with van der Waals surface area (Å²) in [4.78, 5) is 37.6. The Balaban J connectivity index is 1.59. The van der Waals surface area contributed by atoms with E-state index in [2.05, 4.69) is 17.4 Å². The average Bonchev–Trinajstić information content (AvgIpc) is 3.28. The molecule has 0 saturated heterocycles. The highest BCUT2D eigenvalue weighted by Crippen LogP contribution is 2.39. The van der Waals surface area contributed by atoms with Gasteiger partial charge in [0.05, 0.1) is 18.4 Å². The van der Waals surface area contributed by atoms with Crippen molar-refractivity contribution in [2.75, 3.05) is 11.9 Å². The van der Waals surface area contributed by atoms with E-state index in [-0.39, 0.29) is 12.5 Å². The highest BCUT2D eigenvalue weighted by Gasteiger charge is 2.36. The molecule has 7 heteroatoms. The van der Waals surface area contributed by atoms with Crippen LogP contribution in [0, 0.1) is 11.8 Å². The lowest BCUT2D eigenvalue weighted by atomic mass is 9.78. The molecule has 6 nitrogen and oxygen atoms in total. The van der Waals surface area contributed by atoms with Crippen molar-refractivity contribution in [1.29, 1.82) is 0 Å². The molecule has 2 fully saturated rings. The molecule has 2 saturated carbocycles. The molecular weight excluding hydrogens is 450 g/mol. The zero-order valence-corrected chi connectivity index (χ0v) is 20.5. The highest BCUT2D eigenvalue weighted by atomic mass is 32.1. The second-order valence-corrected chi connectivity index (χ2v) is 10.2. The van der Waals surface area contributed by atoms with E-state index >= 15 is 0 Å². The Kier molecular flexibility index (Phi) is 8.03. The average molecular weight is 484 g/mol. The molecule has 0 radical (unpaired) electrons. The van der Waals surface area contributed by atoms with Crippen molar-refractivity contribution >= 4 is 34.2 Å². The van der Waals surface area contributed by atoms with E-state index < -0.39 is 23.8 Å². The number of carbonyl (C=O) groups excluding carboxylic acids is 2. The number of amides is 1. The van der Waals surface area contributed by atoms with Crippen molar-refractivity contribution in [2.45, 2.75) is 70.6 Å². The van der Waals surface area contributed by atoms with Crippen LogP contribution in [0.25, 0.3) is 11.1 Å². The monoisotopic (exact) mass is 483 g/mol. The molecule has 2 N–H and O–H groups in total. The second kappa shape index (κ2) is 11.2. The van der Waals surface area contributed by atoms with Gasteiger partial charge in [-0.15, -0.1) is 11.3 Å². The van der Waals surface area contributed by atoms with Crippen LogP contribution >= 0.6 is 11.3 Å². The lowest BCUT2D eigenvalue weighted by Gasteiger charge is -2.27. The van der Waals surface area contributed by atoms with Crippen LogP contribution in [0.5, 0.6) is 0 Å². The Morgan fingerprint density at radius 3 is 2.26 bits per heavy atom. The summed E-state index contributed by atoms with van der Waals surface area (Å²) in [6.45, 7) is 1.98. The van der Waals surface area contributed by atoms with Crippen molar-refractivity contribution in [3.8, 4) is 11.1 Å². The molecule has 1 aromatic carbocycles. The van der Waals surface area contributed by atoms with Crippen molar-refractivity contribution in [2.24, 2.45) is 11.8 Å². The van der Waals surface area contributed by atoms with Gasteiger partial charge in [0.2, 0.25) is 5.91 Å². The molecule has 4 rings (SSSR count). The van der Waals surface area contributed by atoms with Gasteiger partial charge in [0.1, 0.15) is 10.6 Å². The number of carbonyl (C=O) groups is 3. The normalized spacial score (nSPS) is 21.1. The molecular formula is C27H33NO5S. The molecule has 182 valence electrons. The molecule has 0 bridgehead atoms. The largest absolute Gasteiger partial charge is 0.481 e. The van der Waals surface area contributed by atoms with Gasteiger partial charge < -0.3 is 15.2 Å². The second-order valence-electron chi connectivity index (χ2n) is 9.36. The molecule has 2 aromatic rings. The number of anilines is 1. The van der Waals surface area contributed by atoms with E-state index in [1.165, 1.54) is 49.0 Å². The van der Waals surface area contributed by atoms with Gasteiger partial charge in [0.15, 0.2) is 0 Å². The van der Waals surface area contributed by atoms with E-state index in [9.17, 15) is 19.5 Å². The van der Waals surface area contributed by atoms with Gasteiger partial charge in [-0.05, 0) is 49.7 Å². The van der Waals surface area contributed by atoms with Gasteiger partial charge in [-0.3, -0.25) is 9.59 Å². The van der Waals surface area contributed by atoms with Gasteiger partial charge in [-0.25, -0.2) is 4.79 Å². The summed E-state index contributed by atoms with van der Waals surface area (Å²) in [7, 11) is 0. The molecule has 1 amide bonds. The van der Waals surface area contributed by atoms with E-state index in [1.807, 2.05) is 17.5 Å². The van der Waals surface area contributed by atoms with Crippen molar-refractivity contribution in [3.05, 3.63) is 40.8 Å². The third-order valence-electron chi connectivity index (χ3n) is 7.23. The number of hydrogen-bond acceptors (Lipinski definition) is 5. The summed E-state index contributed by atoms with van der Waals surface area (Å²) >= 11 is 1.28. The van der Waals surface area contributed by atoms with Crippen molar-refractivity contribution in [3.63, 3.8) is 0 Å². The van der Waals surface area contributed by atoms with Gasteiger partial charge in [0, 0.05) is 10.9 Å². The minimum Gasteiger partial charge on any atom is -0.481 e. The summed E-state index contributed by atoms with van der Waals surface area (Å²) in [5.41, 5.74) is 3.31. The number of carboxylic acid groups (broad SMARTS) is 1. The first kappa shape index (κ1) is 24.5. The highest BCUT2D eigenvalue weighted by molar-refractivity contribution is 7.15. The quantitative estimate of drug-likeness (QED) is 0.440. The maximum absolute atomic E-state index is 13.1. The number of benzene rings is 1. The standard InChI is InChI=1S/C27H33NO5S/c1-2-33-27(32)23-22(19-14-12-18(13-15-19)17-8-4-3-5-9-17)16-34-25(23)28-24(29)20-10-6-7-11-21(20)26(30)31/h12-17,20-21H,2-11H2,1H3,(H,28,29)(H,30,31)/t20-,21+/m1/s1. The number of thiophene rings is 1. The fourth-order valence-corrected chi connectivity index (χ4v) is 6.34. The Morgan fingerprint density at radius 1 is 0.971 bits per heavy atom. The summed E-state index contributed by atoms with van der Waals surface area (Å²) in [5, 5.41) is 14.7. The molecule has 0 spiro atoms. The molecule has 2 atom stereocenters. The van der Waals surface area contributed by atoms with E-state index in [0.29, 0.717) is 29.3 Å². The molecule has 1 aromatic heterocycles. The molecule has 34 heavy (non-hydrogen) atoms. The Hall–Kier alpha value is -2.67. The maximum Gasteiger partial charge on any atom is 0.341 e. The van der Waals surface area contributed by atoms with E-state index in [4.69, 9.17) is 4.74 Å². The molecule has 2 aliphatic rings. The van der Waals surface area contributed by atoms with E-state index in [1.54, 1.807) is 6.92 Å². The van der Waals surface area contributed by atoms with Crippen LogP contribution in [-0.2, 0) is 14.3 Å². The third-order valence-corrected chi connectivity index (χ3v) is 8.12.